The number of methoxy groups -OCH3 is 2. The molecule has 1 aromatic carbocycles. The molecule has 3 aromatic heterocycles. The van der Waals surface area contributed by atoms with E-state index >= 15 is 0 Å². The maximum absolute atomic E-state index is 12.7. The van der Waals surface area contributed by atoms with Gasteiger partial charge in [0.2, 0.25) is 0 Å². The zero-order valence-corrected chi connectivity index (χ0v) is 13.7. The third-order valence-corrected chi connectivity index (χ3v) is 4.02. The van der Waals surface area contributed by atoms with Crippen LogP contribution in [0.3, 0.4) is 0 Å². The van der Waals surface area contributed by atoms with E-state index in [9.17, 15) is 4.79 Å². The van der Waals surface area contributed by atoms with Crippen molar-refractivity contribution in [2.75, 3.05) is 14.2 Å². The molecular weight excluding hydrogens is 322 g/mol. The van der Waals surface area contributed by atoms with Gasteiger partial charge in [-0.1, -0.05) is 6.07 Å². The fourth-order valence-corrected chi connectivity index (χ4v) is 2.78. The van der Waals surface area contributed by atoms with Gasteiger partial charge >= 0.3 is 0 Å². The molecular formula is C17H15N5O3. The molecule has 8 nitrogen and oxygen atoms in total. The van der Waals surface area contributed by atoms with Crippen molar-refractivity contribution < 1.29 is 9.47 Å². The first-order valence-corrected chi connectivity index (χ1v) is 7.62. The minimum Gasteiger partial charge on any atom is -0.493 e. The Labute approximate surface area is 142 Å². The van der Waals surface area contributed by atoms with Crippen molar-refractivity contribution in [1.29, 1.82) is 0 Å². The number of rotatable bonds is 4. The van der Waals surface area contributed by atoms with Crippen LogP contribution in [-0.2, 0) is 6.54 Å². The molecule has 0 bridgehead atoms. The summed E-state index contributed by atoms with van der Waals surface area (Å²) in [5.41, 5.74) is 2.19. The first-order chi connectivity index (χ1) is 12.2. The predicted octanol–water partition coefficient (Wildman–Crippen LogP) is 1.50. The van der Waals surface area contributed by atoms with E-state index in [1.807, 2.05) is 24.3 Å². The average Bonchev–Trinajstić information content (AvgIpc) is 3.13. The van der Waals surface area contributed by atoms with Crippen molar-refractivity contribution >= 4 is 16.7 Å². The third-order valence-electron chi connectivity index (χ3n) is 4.02. The minimum atomic E-state index is -0.225. The second kappa shape index (κ2) is 5.90. The quantitative estimate of drug-likeness (QED) is 0.561. The Bertz CT molecular complexity index is 1130. The molecule has 0 amide bonds. The molecule has 8 heteroatoms. The Kier molecular flexibility index (Phi) is 3.57. The summed E-state index contributed by atoms with van der Waals surface area (Å²) in [5, 5.41) is 12.3. The summed E-state index contributed by atoms with van der Waals surface area (Å²) in [6.07, 6.45) is 3.35. The molecule has 25 heavy (non-hydrogen) atoms. The molecule has 0 aliphatic carbocycles. The zero-order valence-electron chi connectivity index (χ0n) is 13.7. The second-order valence-electron chi connectivity index (χ2n) is 5.47. The van der Waals surface area contributed by atoms with Crippen molar-refractivity contribution in [1.82, 2.24) is 24.4 Å². The van der Waals surface area contributed by atoms with Crippen molar-refractivity contribution in [3.05, 3.63) is 58.6 Å². The summed E-state index contributed by atoms with van der Waals surface area (Å²) in [5.74, 6) is 1.26. The molecule has 4 aromatic rings. The largest absolute Gasteiger partial charge is 0.493 e. The molecule has 3 heterocycles. The van der Waals surface area contributed by atoms with E-state index in [-0.39, 0.29) is 11.1 Å². The normalized spacial score (nSPS) is 11.1. The van der Waals surface area contributed by atoms with Crippen LogP contribution in [0.1, 0.15) is 5.56 Å². The number of benzene rings is 1. The van der Waals surface area contributed by atoms with E-state index in [1.165, 1.54) is 0 Å². The lowest BCUT2D eigenvalue weighted by molar-refractivity contribution is 0.354. The second-order valence-corrected chi connectivity index (χ2v) is 5.47. The van der Waals surface area contributed by atoms with Crippen LogP contribution in [0.2, 0.25) is 0 Å². The Morgan fingerprint density at radius 2 is 1.88 bits per heavy atom. The Morgan fingerprint density at radius 3 is 2.68 bits per heavy atom. The van der Waals surface area contributed by atoms with Crippen molar-refractivity contribution in [2.24, 2.45) is 0 Å². The van der Waals surface area contributed by atoms with Crippen LogP contribution < -0.4 is 15.0 Å². The number of pyridine rings is 1. The van der Waals surface area contributed by atoms with Crippen LogP contribution in [0.15, 0.2) is 47.5 Å². The Morgan fingerprint density at radius 1 is 1.04 bits per heavy atom. The number of aromatic nitrogens is 5. The molecule has 0 aliphatic rings. The summed E-state index contributed by atoms with van der Waals surface area (Å²) in [6.45, 7) is 0.383. The molecule has 0 saturated heterocycles. The molecule has 0 spiro atoms. The molecule has 0 fully saturated rings. The van der Waals surface area contributed by atoms with Gasteiger partial charge in [-0.2, -0.15) is 5.10 Å². The summed E-state index contributed by atoms with van der Waals surface area (Å²) >= 11 is 0. The van der Waals surface area contributed by atoms with Crippen LogP contribution in [0.5, 0.6) is 11.5 Å². The molecule has 0 aliphatic heterocycles. The van der Waals surface area contributed by atoms with Crippen LogP contribution in [0.4, 0.5) is 0 Å². The number of fused-ring (bicyclic) bond motifs is 3. The van der Waals surface area contributed by atoms with Crippen molar-refractivity contribution in [2.45, 2.75) is 6.54 Å². The van der Waals surface area contributed by atoms with E-state index in [0.717, 1.165) is 5.56 Å². The van der Waals surface area contributed by atoms with Crippen LogP contribution in [0, 0.1) is 0 Å². The minimum absolute atomic E-state index is 0.225. The summed E-state index contributed by atoms with van der Waals surface area (Å²) in [6, 6.07) is 9.10. The van der Waals surface area contributed by atoms with Crippen LogP contribution >= 0.6 is 0 Å². The molecule has 0 radical (unpaired) electrons. The smallest absolute Gasteiger partial charge is 0.280 e. The van der Waals surface area contributed by atoms with Gasteiger partial charge in [-0.05, 0) is 23.8 Å². The van der Waals surface area contributed by atoms with Gasteiger partial charge in [-0.15, -0.1) is 10.2 Å². The number of ether oxygens (including phenoxy) is 2. The van der Waals surface area contributed by atoms with Gasteiger partial charge < -0.3 is 14.0 Å². The summed E-state index contributed by atoms with van der Waals surface area (Å²) in [7, 11) is 3.16. The topological polar surface area (TPSA) is 83.5 Å². The molecule has 0 saturated carbocycles. The number of hydrogen-bond acceptors (Lipinski definition) is 6. The van der Waals surface area contributed by atoms with Gasteiger partial charge in [0.15, 0.2) is 22.7 Å². The molecule has 0 N–H and O–H groups in total. The molecule has 0 atom stereocenters. The maximum atomic E-state index is 12.7. The van der Waals surface area contributed by atoms with E-state index in [4.69, 9.17) is 9.47 Å². The first-order valence-electron chi connectivity index (χ1n) is 7.62. The summed E-state index contributed by atoms with van der Waals surface area (Å²) < 4.78 is 13.7. The average molecular weight is 337 g/mol. The zero-order chi connectivity index (χ0) is 17.4. The van der Waals surface area contributed by atoms with Gasteiger partial charge in [0.25, 0.3) is 5.56 Å². The van der Waals surface area contributed by atoms with Crippen LogP contribution in [-0.4, -0.2) is 38.6 Å². The van der Waals surface area contributed by atoms with Crippen molar-refractivity contribution in [3.63, 3.8) is 0 Å². The fourth-order valence-electron chi connectivity index (χ4n) is 2.78. The third kappa shape index (κ3) is 2.47. The highest BCUT2D eigenvalue weighted by atomic mass is 16.5. The highest BCUT2D eigenvalue weighted by Gasteiger charge is 2.11. The Balaban J connectivity index is 1.78. The SMILES string of the molecule is COc1ccc(Cn2ccc3c(nnc4ccnn43)c2=O)cc1OC. The standard InChI is InChI=1S/C17H15N5O3/c1-24-13-4-3-11(9-14(13)25-2)10-21-8-6-12-16(17(21)23)20-19-15-5-7-18-22(12)15/h3-9H,10H2,1-2H3. The van der Waals surface area contributed by atoms with E-state index in [0.29, 0.717) is 29.2 Å². The lowest BCUT2D eigenvalue weighted by atomic mass is 10.2. The van der Waals surface area contributed by atoms with Gasteiger partial charge in [-0.25, -0.2) is 4.52 Å². The lowest BCUT2D eigenvalue weighted by Gasteiger charge is -2.11. The molecule has 0 unspecified atom stereocenters. The summed E-state index contributed by atoms with van der Waals surface area (Å²) in [4.78, 5) is 12.7. The maximum Gasteiger partial charge on any atom is 0.280 e. The van der Waals surface area contributed by atoms with Crippen LogP contribution in [0.25, 0.3) is 16.7 Å². The van der Waals surface area contributed by atoms with Crippen molar-refractivity contribution in [3.8, 4) is 11.5 Å². The highest BCUT2D eigenvalue weighted by molar-refractivity contribution is 5.74. The van der Waals surface area contributed by atoms with Gasteiger partial charge in [-0.3, -0.25) is 4.79 Å². The van der Waals surface area contributed by atoms with E-state index < -0.39 is 0 Å². The van der Waals surface area contributed by atoms with Gasteiger partial charge in [0.05, 0.1) is 27.0 Å². The van der Waals surface area contributed by atoms with Gasteiger partial charge in [0.1, 0.15) is 5.52 Å². The monoisotopic (exact) mass is 337 g/mol. The molecule has 4 rings (SSSR count). The fraction of sp³-hybridized carbons (Fsp3) is 0.176. The van der Waals surface area contributed by atoms with E-state index in [2.05, 4.69) is 15.3 Å². The molecule has 126 valence electrons. The van der Waals surface area contributed by atoms with E-state index in [1.54, 1.807) is 41.8 Å². The highest BCUT2D eigenvalue weighted by Crippen LogP contribution is 2.27. The Hall–Kier alpha value is -3.42. The first kappa shape index (κ1) is 15.1. The lowest BCUT2D eigenvalue weighted by Crippen LogP contribution is -2.22. The number of hydrogen-bond donors (Lipinski definition) is 0. The number of nitrogens with zero attached hydrogens (tertiary/aromatic N) is 5. The predicted molar refractivity (Wildman–Crippen MR) is 91.2 cm³/mol. The van der Waals surface area contributed by atoms with Gasteiger partial charge in [0, 0.05) is 12.3 Å².